The van der Waals surface area contributed by atoms with Gasteiger partial charge < -0.3 is 5.32 Å². The molecule has 13 heavy (non-hydrogen) atoms. The van der Waals surface area contributed by atoms with Gasteiger partial charge in [0.1, 0.15) is 0 Å². The first-order valence-electron chi connectivity index (χ1n) is 4.91. The van der Waals surface area contributed by atoms with Gasteiger partial charge in [0.2, 0.25) is 0 Å². The van der Waals surface area contributed by atoms with Crippen molar-refractivity contribution < 1.29 is 0 Å². The van der Waals surface area contributed by atoms with Crippen LogP contribution in [-0.2, 0) is 6.42 Å². The number of hydrogen-bond acceptors (Lipinski definition) is 2. The molecule has 1 N–H and O–H groups in total. The van der Waals surface area contributed by atoms with E-state index in [1.807, 2.05) is 18.4 Å². The molecule has 0 saturated heterocycles. The third kappa shape index (κ3) is 3.49. The van der Waals surface area contributed by atoms with Gasteiger partial charge in [-0.2, -0.15) is 0 Å². The van der Waals surface area contributed by atoms with Crippen LogP contribution in [0, 0.1) is 11.8 Å². The number of rotatable bonds is 5. The smallest absolute Gasteiger partial charge is 0.00485 e. The molecule has 0 aliphatic carbocycles. The zero-order valence-electron chi connectivity index (χ0n) is 8.71. The van der Waals surface area contributed by atoms with E-state index in [1.54, 1.807) is 0 Å². The molecule has 0 amide bonds. The maximum atomic E-state index is 3.27. The lowest BCUT2D eigenvalue weighted by Crippen LogP contribution is -2.24. The van der Waals surface area contributed by atoms with E-state index in [9.17, 15) is 0 Å². The van der Waals surface area contributed by atoms with Gasteiger partial charge in [0.05, 0.1) is 0 Å². The predicted molar refractivity (Wildman–Crippen MR) is 60.3 cm³/mol. The molecule has 2 heteroatoms. The molecule has 0 radical (unpaired) electrons. The largest absolute Gasteiger partial charge is 0.319 e. The first-order valence-corrected chi connectivity index (χ1v) is 5.79. The Morgan fingerprint density at radius 2 is 2.23 bits per heavy atom. The summed E-state index contributed by atoms with van der Waals surface area (Å²) in [6, 6.07) is 4.37. The monoisotopic (exact) mass is 197 g/mol. The summed E-state index contributed by atoms with van der Waals surface area (Å²) in [6.45, 7) is 5.72. The molecule has 0 saturated carbocycles. The summed E-state index contributed by atoms with van der Waals surface area (Å²) in [7, 11) is 2.03. The van der Waals surface area contributed by atoms with Crippen LogP contribution in [-0.4, -0.2) is 13.6 Å². The summed E-state index contributed by atoms with van der Waals surface area (Å²) in [6.07, 6.45) is 1.22. The Labute approximate surface area is 85.2 Å². The Balaban J connectivity index is 2.47. The Bertz CT molecular complexity index is 216. The van der Waals surface area contributed by atoms with Gasteiger partial charge in [-0.1, -0.05) is 19.9 Å². The van der Waals surface area contributed by atoms with Crippen LogP contribution >= 0.6 is 11.3 Å². The van der Waals surface area contributed by atoms with E-state index in [4.69, 9.17) is 0 Å². The molecule has 1 unspecified atom stereocenters. The van der Waals surface area contributed by atoms with Gasteiger partial charge in [0, 0.05) is 4.88 Å². The minimum absolute atomic E-state index is 0.759. The van der Waals surface area contributed by atoms with Crippen molar-refractivity contribution in [2.75, 3.05) is 13.6 Å². The highest BCUT2D eigenvalue weighted by molar-refractivity contribution is 7.09. The molecule has 0 fully saturated rings. The van der Waals surface area contributed by atoms with Crippen molar-refractivity contribution in [2.45, 2.75) is 20.3 Å². The maximum absolute atomic E-state index is 3.27. The van der Waals surface area contributed by atoms with E-state index in [-0.39, 0.29) is 0 Å². The van der Waals surface area contributed by atoms with Crippen LogP contribution in [0.1, 0.15) is 18.7 Å². The Morgan fingerprint density at radius 3 is 2.69 bits per heavy atom. The zero-order chi connectivity index (χ0) is 9.68. The molecule has 0 spiro atoms. The van der Waals surface area contributed by atoms with Gasteiger partial charge in [0.15, 0.2) is 0 Å². The van der Waals surface area contributed by atoms with Crippen LogP contribution in [0.5, 0.6) is 0 Å². The molecule has 0 bridgehead atoms. The van der Waals surface area contributed by atoms with Crippen molar-refractivity contribution >= 4 is 11.3 Å². The van der Waals surface area contributed by atoms with Crippen molar-refractivity contribution in [1.29, 1.82) is 0 Å². The quantitative estimate of drug-likeness (QED) is 0.765. The lowest BCUT2D eigenvalue weighted by atomic mass is 9.92. The predicted octanol–water partition coefficient (Wildman–Crippen LogP) is 2.78. The molecule has 1 atom stereocenters. The molecule has 1 rings (SSSR count). The first-order chi connectivity index (χ1) is 6.24. The summed E-state index contributed by atoms with van der Waals surface area (Å²) < 4.78 is 0. The lowest BCUT2D eigenvalue weighted by molar-refractivity contribution is 0.372. The van der Waals surface area contributed by atoms with Crippen LogP contribution < -0.4 is 5.32 Å². The summed E-state index contributed by atoms with van der Waals surface area (Å²) in [5.41, 5.74) is 0. The van der Waals surface area contributed by atoms with Crippen molar-refractivity contribution in [1.82, 2.24) is 5.32 Å². The average Bonchev–Trinajstić information content (AvgIpc) is 2.56. The van der Waals surface area contributed by atoms with E-state index in [1.165, 1.54) is 11.3 Å². The molecule has 1 aromatic heterocycles. The highest BCUT2D eigenvalue weighted by Crippen LogP contribution is 2.19. The van der Waals surface area contributed by atoms with Crippen LogP contribution in [0.25, 0.3) is 0 Å². The van der Waals surface area contributed by atoms with Crippen molar-refractivity contribution in [3.63, 3.8) is 0 Å². The standard InChI is InChI=1S/C11H19NS/c1-9(2)10(8-12-3)7-11-5-4-6-13-11/h4-6,9-10,12H,7-8H2,1-3H3. The number of hydrogen-bond donors (Lipinski definition) is 1. The molecule has 1 aromatic rings. The Hall–Kier alpha value is -0.340. The third-order valence-electron chi connectivity index (χ3n) is 2.45. The molecule has 1 heterocycles. The molecule has 0 aliphatic heterocycles. The molecule has 0 aromatic carbocycles. The maximum Gasteiger partial charge on any atom is 0.00485 e. The normalized spacial score (nSPS) is 13.5. The van der Waals surface area contributed by atoms with Gasteiger partial charge in [0.25, 0.3) is 0 Å². The van der Waals surface area contributed by atoms with E-state index in [2.05, 4.69) is 36.7 Å². The fourth-order valence-electron chi connectivity index (χ4n) is 1.49. The van der Waals surface area contributed by atoms with E-state index in [0.717, 1.165) is 18.4 Å². The fraction of sp³-hybridized carbons (Fsp3) is 0.636. The van der Waals surface area contributed by atoms with Crippen LogP contribution in [0.15, 0.2) is 17.5 Å². The molecule has 1 nitrogen and oxygen atoms in total. The minimum Gasteiger partial charge on any atom is -0.319 e. The molecular weight excluding hydrogens is 178 g/mol. The number of nitrogens with one attached hydrogen (secondary N) is 1. The summed E-state index contributed by atoms with van der Waals surface area (Å²) in [5.74, 6) is 1.53. The second kappa shape index (κ2) is 5.40. The molecular formula is C11H19NS. The number of thiophene rings is 1. The summed E-state index contributed by atoms with van der Waals surface area (Å²) in [4.78, 5) is 1.51. The van der Waals surface area contributed by atoms with Gasteiger partial charge in [-0.15, -0.1) is 11.3 Å². The Morgan fingerprint density at radius 1 is 1.46 bits per heavy atom. The van der Waals surface area contributed by atoms with Gasteiger partial charge in [-0.3, -0.25) is 0 Å². The van der Waals surface area contributed by atoms with Crippen LogP contribution in [0.3, 0.4) is 0 Å². The van der Waals surface area contributed by atoms with E-state index in [0.29, 0.717) is 0 Å². The van der Waals surface area contributed by atoms with Gasteiger partial charge in [-0.25, -0.2) is 0 Å². The highest BCUT2D eigenvalue weighted by atomic mass is 32.1. The topological polar surface area (TPSA) is 12.0 Å². The molecule has 74 valence electrons. The lowest BCUT2D eigenvalue weighted by Gasteiger charge is -2.19. The van der Waals surface area contributed by atoms with Crippen LogP contribution in [0.4, 0.5) is 0 Å². The van der Waals surface area contributed by atoms with Crippen LogP contribution in [0.2, 0.25) is 0 Å². The third-order valence-corrected chi connectivity index (χ3v) is 3.35. The minimum atomic E-state index is 0.759. The SMILES string of the molecule is CNCC(Cc1cccs1)C(C)C. The highest BCUT2D eigenvalue weighted by Gasteiger charge is 2.13. The second-order valence-electron chi connectivity index (χ2n) is 3.85. The van der Waals surface area contributed by atoms with Crippen molar-refractivity contribution in [3.05, 3.63) is 22.4 Å². The zero-order valence-corrected chi connectivity index (χ0v) is 9.53. The fourth-order valence-corrected chi connectivity index (χ4v) is 2.29. The second-order valence-corrected chi connectivity index (χ2v) is 4.88. The van der Waals surface area contributed by atoms with Crippen molar-refractivity contribution in [3.8, 4) is 0 Å². The van der Waals surface area contributed by atoms with Crippen molar-refractivity contribution in [2.24, 2.45) is 11.8 Å². The summed E-state index contributed by atoms with van der Waals surface area (Å²) >= 11 is 1.87. The van der Waals surface area contributed by atoms with Gasteiger partial charge in [-0.05, 0) is 43.3 Å². The first kappa shape index (κ1) is 10.7. The van der Waals surface area contributed by atoms with E-state index >= 15 is 0 Å². The van der Waals surface area contributed by atoms with E-state index < -0.39 is 0 Å². The van der Waals surface area contributed by atoms with Gasteiger partial charge >= 0.3 is 0 Å². The average molecular weight is 197 g/mol. The molecule has 0 aliphatic rings. The Kier molecular flexibility index (Phi) is 4.46. The summed E-state index contributed by atoms with van der Waals surface area (Å²) in [5, 5.41) is 5.43.